The molecule has 0 aliphatic heterocycles. The molecule has 3 aromatic heterocycles. The second-order valence-corrected chi connectivity index (χ2v) is 10.3. The molecule has 0 radical (unpaired) electrons. The van der Waals surface area contributed by atoms with Gasteiger partial charge in [-0.15, -0.1) is 0 Å². The number of nitrogens with two attached hydrogens (primary N) is 2. The molecule has 0 unspecified atom stereocenters. The van der Waals surface area contributed by atoms with E-state index in [4.69, 9.17) is 16.0 Å². The van der Waals surface area contributed by atoms with Crippen LogP contribution in [0.15, 0.2) is 14.6 Å². The molecule has 4 N–H and O–H groups in total. The van der Waals surface area contributed by atoms with E-state index in [1.807, 2.05) is 39.8 Å². The Hall–Kier alpha value is -4.30. The Bertz CT molecular complexity index is 1400. The van der Waals surface area contributed by atoms with Crippen molar-refractivity contribution in [2.75, 3.05) is 11.5 Å². The minimum atomic E-state index is -0.0969. The number of pyridine rings is 2. The predicted molar refractivity (Wildman–Crippen MR) is 138 cm³/mol. The second kappa shape index (κ2) is 11.6. The highest BCUT2D eigenvalue weighted by Gasteiger charge is 2.23. The molecule has 0 fully saturated rings. The van der Waals surface area contributed by atoms with E-state index in [2.05, 4.69) is 32.2 Å². The summed E-state index contributed by atoms with van der Waals surface area (Å²) >= 11 is 2.42. The fraction of sp³-hybridized carbons (Fsp3) is 0.333. The van der Waals surface area contributed by atoms with Crippen molar-refractivity contribution in [2.45, 2.75) is 61.1 Å². The molecule has 0 saturated carbocycles. The summed E-state index contributed by atoms with van der Waals surface area (Å²) in [6, 6.07) is 8.36. The van der Waals surface area contributed by atoms with Crippen LogP contribution >= 0.6 is 23.5 Å². The lowest BCUT2D eigenvalue weighted by atomic mass is 9.94. The van der Waals surface area contributed by atoms with Crippen molar-refractivity contribution in [1.29, 1.82) is 21.0 Å². The second-order valence-electron chi connectivity index (χ2n) is 8.37. The largest absolute Gasteiger partial charge is 0.383 e. The maximum atomic E-state index is 9.73. The summed E-state index contributed by atoms with van der Waals surface area (Å²) in [6.07, 6.45) is 0. The Morgan fingerprint density at radius 2 is 1.14 bits per heavy atom. The van der Waals surface area contributed by atoms with Gasteiger partial charge in [0.1, 0.15) is 46.0 Å². The van der Waals surface area contributed by atoms with Gasteiger partial charge < -0.3 is 16.0 Å². The molecule has 3 aromatic rings. The average molecular weight is 531 g/mol. The van der Waals surface area contributed by atoms with Crippen LogP contribution in [-0.4, -0.2) is 20.1 Å². The maximum absolute atomic E-state index is 9.73. The average Bonchev–Trinajstić information content (AvgIpc) is 3.32. The van der Waals surface area contributed by atoms with E-state index in [-0.39, 0.29) is 46.1 Å². The third-order valence-electron chi connectivity index (χ3n) is 5.24. The van der Waals surface area contributed by atoms with Gasteiger partial charge in [0.25, 0.3) is 0 Å². The SMILES string of the molecule is CC(C)c1c(C#N)c(N)nc(SCc2noc(CSc3nc(N)c(C#N)c(C(C)C)c3C#N)n2)c1C#N. The van der Waals surface area contributed by atoms with E-state index in [0.717, 1.165) is 0 Å². The van der Waals surface area contributed by atoms with Gasteiger partial charge in [-0.25, -0.2) is 9.97 Å². The number of anilines is 2. The molecule has 0 atom stereocenters. The topological polar surface area (TPSA) is 212 Å². The highest BCUT2D eigenvalue weighted by molar-refractivity contribution is 7.98. The van der Waals surface area contributed by atoms with Crippen molar-refractivity contribution in [3.8, 4) is 24.3 Å². The van der Waals surface area contributed by atoms with Gasteiger partial charge in [0.15, 0.2) is 5.82 Å². The number of nitrogen functional groups attached to an aromatic ring is 2. The number of hydrogen-bond acceptors (Lipinski definition) is 13. The molecular formula is C24H22N10OS2. The van der Waals surface area contributed by atoms with Gasteiger partial charge in [0.2, 0.25) is 5.89 Å². The highest BCUT2D eigenvalue weighted by atomic mass is 32.2. The van der Waals surface area contributed by atoms with Crippen LogP contribution in [0.4, 0.5) is 11.6 Å². The lowest BCUT2D eigenvalue weighted by molar-refractivity contribution is 0.386. The molecule has 0 aliphatic rings. The molecule has 0 aromatic carbocycles. The summed E-state index contributed by atoms with van der Waals surface area (Å²) in [5.41, 5.74) is 14.1. The van der Waals surface area contributed by atoms with E-state index >= 15 is 0 Å². The first kappa shape index (κ1) is 27.3. The van der Waals surface area contributed by atoms with Crippen molar-refractivity contribution >= 4 is 35.2 Å². The summed E-state index contributed by atoms with van der Waals surface area (Å²) in [5.74, 6) is 1.10. The number of nitriles is 4. The van der Waals surface area contributed by atoms with E-state index in [0.29, 0.717) is 44.0 Å². The van der Waals surface area contributed by atoms with E-state index < -0.39 is 0 Å². The van der Waals surface area contributed by atoms with E-state index in [9.17, 15) is 21.0 Å². The fourth-order valence-corrected chi connectivity index (χ4v) is 5.37. The van der Waals surface area contributed by atoms with Crippen LogP contribution in [0.3, 0.4) is 0 Å². The van der Waals surface area contributed by atoms with Gasteiger partial charge in [-0.3, -0.25) is 0 Å². The Morgan fingerprint density at radius 3 is 1.54 bits per heavy atom. The van der Waals surface area contributed by atoms with Crippen molar-refractivity contribution in [1.82, 2.24) is 20.1 Å². The van der Waals surface area contributed by atoms with Gasteiger partial charge in [-0.1, -0.05) is 56.4 Å². The van der Waals surface area contributed by atoms with Crippen molar-refractivity contribution in [2.24, 2.45) is 0 Å². The van der Waals surface area contributed by atoms with Crippen molar-refractivity contribution < 1.29 is 4.52 Å². The van der Waals surface area contributed by atoms with E-state index in [1.165, 1.54) is 23.5 Å². The smallest absolute Gasteiger partial charge is 0.237 e. The first-order chi connectivity index (χ1) is 17.7. The van der Waals surface area contributed by atoms with Gasteiger partial charge in [0.05, 0.1) is 33.8 Å². The molecule has 0 saturated heterocycles. The third kappa shape index (κ3) is 5.59. The van der Waals surface area contributed by atoms with Crippen LogP contribution in [0.5, 0.6) is 0 Å². The molecule has 13 heteroatoms. The molecule has 0 spiro atoms. The Kier molecular flexibility index (Phi) is 8.57. The number of hydrogen-bond donors (Lipinski definition) is 2. The van der Waals surface area contributed by atoms with Gasteiger partial charge in [-0.05, 0) is 23.0 Å². The fourth-order valence-electron chi connectivity index (χ4n) is 3.68. The molecule has 11 nitrogen and oxygen atoms in total. The van der Waals surface area contributed by atoms with Crippen LogP contribution < -0.4 is 11.5 Å². The predicted octanol–water partition coefficient (Wildman–Crippen LogP) is 4.34. The number of rotatable bonds is 8. The minimum Gasteiger partial charge on any atom is -0.383 e. The molecular weight excluding hydrogens is 508 g/mol. The summed E-state index contributed by atoms with van der Waals surface area (Å²) in [7, 11) is 0. The number of nitrogens with zero attached hydrogens (tertiary/aromatic N) is 8. The number of thioether (sulfide) groups is 2. The maximum Gasteiger partial charge on any atom is 0.237 e. The normalized spacial score (nSPS) is 10.6. The van der Waals surface area contributed by atoms with Gasteiger partial charge in [0, 0.05) is 0 Å². The molecule has 0 aliphatic carbocycles. The highest BCUT2D eigenvalue weighted by Crippen LogP contribution is 2.35. The lowest BCUT2D eigenvalue weighted by Crippen LogP contribution is -2.07. The zero-order chi connectivity index (χ0) is 27.3. The quantitative estimate of drug-likeness (QED) is 0.388. The third-order valence-corrected chi connectivity index (χ3v) is 7.18. The van der Waals surface area contributed by atoms with E-state index in [1.54, 1.807) is 0 Å². The van der Waals surface area contributed by atoms with Crippen molar-refractivity contribution in [3.63, 3.8) is 0 Å². The summed E-state index contributed by atoms with van der Waals surface area (Å²) in [5, 5.41) is 43.1. The first-order valence-corrected chi connectivity index (χ1v) is 13.0. The van der Waals surface area contributed by atoms with Crippen LogP contribution in [0, 0.1) is 45.3 Å². The monoisotopic (exact) mass is 530 g/mol. The summed E-state index contributed by atoms with van der Waals surface area (Å²) in [4.78, 5) is 12.9. The van der Waals surface area contributed by atoms with Crippen LogP contribution in [-0.2, 0) is 11.5 Å². The van der Waals surface area contributed by atoms with Gasteiger partial charge in [-0.2, -0.15) is 26.0 Å². The molecule has 3 rings (SSSR count). The summed E-state index contributed by atoms with van der Waals surface area (Å²) in [6.45, 7) is 7.52. The summed E-state index contributed by atoms with van der Waals surface area (Å²) < 4.78 is 5.34. The first-order valence-electron chi connectivity index (χ1n) is 11.0. The molecule has 0 amide bonds. The van der Waals surface area contributed by atoms with Crippen LogP contribution in [0.1, 0.15) is 84.6 Å². The standard InChI is InChI=1S/C24H22N10OS2/c1-11(2)19-13(5-25)21(29)32-23(15(19)7-27)36-9-17-31-18(35-34-17)10-37-24-16(8-28)20(12(3)4)14(6-26)22(30)33-24/h11-12H,9-10H2,1-4H3,(H2,29,32)(H2,30,33). The zero-order valence-electron chi connectivity index (χ0n) is 20.5. The lowest BCUT2D eigenvalue weighted by Gasteiger charge is -2.14. The van der Waals surface area contributed by atoms with Crippen LogP contribution in [0.2, 0.25) is 0 Å². The number of aromatic nitrogens is 4. The Morgan fingerprint density at radius 1 is 0.703 bits per heavy atom. The molecule has 3 heterocycles. The Labute approximate surface area is 222 Å². The van der Waals surface area contributed by atoms with Crippen LogP contribution in [0.25, 0.3) is 0 Å². The zero-order valence-corrected chi connectivity index (χ0v) is 22.2. The van der Waals surface area contributed by atoms with Gasteiger partial charge >= 0.3 is 0 Å². The van der Waals surface area contributed by atoms with Crippen molar-refractivity contribution in [3.05, 3.63) is 45.1 Å². The molecule has 0 bridgehead atoms. The Balaban J connectivity index is 1.80. The molecule has 37 heavy (non-hydrogen) atoms. The minimum absolute atomic E-state index is 0.0681. The molecule has 186 valence electrons.